The Labute approximate surface area is 113 Å². The molecule has 96 valence electrons. The number of thiocarbonyl (C=S) groups is 1. The number of para-hydroxylation sites is 1. The number of aryl methyl sites for hydroxylation is 1. The first-order valence-corrected chi connectivity index (χ1v) is 6.92. The molecule has 0 radical (unpaired) electrons. The van der Waals surface area contributed by atoms with E-state index in [0.29, 0.717) is 0 Å². The fourth-order valence-corrected chi connectivity index (χ4v) is 2.25. The molecule has 1 aromatic carbocycles. The van der Waals surface area contributed by atoms with E-state index in [-0.39, 0.29) is 0 Å². The van der Waals surface area contributed by atoms with Crippen molar-refractivity contribution < 1.29 is 0 Å². The summed E-state index contributed by atoms with van der Waals surface area (Å²) in [5.74, 6) is 0. The van der Waals surface area contributed by atoms with Crippen LogP contribution in [0.3, 0.4) is 0 Å². The Hall–Kier alpha value is -1.42. The molecule has 1 aromatic heterocycles. The van der Waals surface area contributed by atoms with E-state index in [0.717, 1.165) is 47.5 Å². The zero-order chi connectivity index (χ0) is 13.0. The maximum Gasteiger partial charge on any atom is 0.127 e. The smallest absolute Gasteiger partial charge is 0.127 e. The first kappa shape index (κ1) is 13.0. The number of rotatable bonds is 5. The van der Waals surface area contributed by atoms with Crippen LogP contribution in [0.5, 0.6) is 0 Å². The average Bonchev–Trinajstić information content (AvgIpc) is 2.76. The number of aromatic nitrogens is 2. The van der Waals surface area contributed by atoms with Crippen molar-refractivity contribution in [3.05, 3.63) is 30.0 Å². The van der Waals surface area contributed by atoms with Crippen molar-refractivity contribution in [3.63, 3.8) is 0 Å². The highest BCUT2D eigenvalue weighted by atomic mass is 32.1. The molecule has 1 heterocycles. The molecule has 0 aliphatic heterocycles. The maximum atomic E-state index is 5.42. The third-order valence-electron chi connectivity index (χ3n) is 2.84. The minimum atomic E-state index is 0.753. The van der Waals surface area contributed by atoms with E-state index in [9.17, 15) is 0 Å². The fourth-order valence-electron chi connectivity index (χ4n) is 2.00. The summed E-state index contributed by atoms with van der Waals surface area (Å²) in [6.07, 6.45) is 2.13. The van der Waals surface area contributed by atoms with Gasteiger partial charge in [0, 0.05) is 18.5 Å². The summed E-state index contributed by atoms with van der Waals surface area (Å²) >= 11 is 5.42. The summed E-state index contributed by atoms with van der Waals surface area (Å²) in [6.45, 7) is 6.11. The molecule has 0 amide bonds. The van der Waals surface area contributed by atoms with Crippen molar-refractivity contribution in [1.82, 2.24) is 15.1 Å². The van der Waals surface area contributed by atoms with E-state index in [1.165, 1.54) is 0 Å². The lowest BCUT2D eigenvalue weighted by Crippen LogP contribution is -2.23. The second-order valence-corrected chi connectivity index (χ2v) is 4.75. The highest BCUT2D eigenvalue weighted by molar-refractivity contribution is 7.80. The van der Waals surface area contributed by atoms with E-state index in [4.69, 9.17) is 12.2 Å². The molecule has 0 spiro atoms. The molecule has 0 unspecified atom stereocenters. The lowest BCUT2D eigenvalue weighted by molar-refractivity contribution is 0.620. The molecule has 2 aromatic rings. The lowest BCUT2D eigenvalue weighted by Gasteiger charge is -2.03. The molecule has 0 saturated carbocycles. The second kappa shape index (κ2) is 5.96. The molecule has 18 heavy (non-hydrogen) atoms. The first-order valence-electron chi connectivity index (χ1n) is 6.51. The van der Waals surface area contributed by atoms with Gasteiger partial charge in [-0.2, -0.15) is 5.10 Å². The number of fused-ring (bicyclic) bond motifs is 1. The van der Waals surface area contributed by atoms with E-state index in [1.54, 1.807) is 0 Å². The third-order valence-corrected chi connectivity index (χ3v) is 3.18. The van der Waals surface area contributed by atoms with Crippen LogP contribution in [0.25, 0.3) is 10.9 Å². The van der Waals surface area contributed by atoms with Crippen LogP contribution in [0, 0.1) is 0 Å². The lowest BCUT2D eigenvalue weighted by atomic mass is 10.2. The van der Waals surface area contributed by atoms with Crippen molar-refractivity contribution in [2.24, 2.45) is 0 Å². The summed E-state index contributed by atoms with van der Waals surface area (Å²) < 4.78 is 2.05. The Morgan fingerprint density at radius 2 is 2.06 bits per heavy atom. The van der Waals surface area contributed by atoms with Crippen molar-refractivity contribution in [2.75, 3.05) is 6.54 Å². The van der Waals surface area contributed by atoms with Gasteiger partial charge < -0.3 is 5.32 Å². The Morgan fingerprint density at radius 3 is 2.78 bits per heavy atom. The number of nitrogens with zero attached hydrogens (tertiary/aromatic N) is 2. The first-order chi connectivity index (χ1) is 8.77. The van der Waals surface area contributed by atoms with E-state index in [2.05, 4.69) is 36.4 Å². The summed E-state index contributed by atoms with van der Waals surface area (Å²) in [6, 6.07) is 8.27. The van der Waals surface area contributed by atoms with E-state index < -0.39 is 0 Å². The molecule has 4 heteroatoms. The predicted molar refractivity (Wildman–Crippen MR) is 80.0 cm³/mol. The predicted octanol–water partition coefficient (Wildman–Crippen LogP) is 3.12. The van der Waals surface area contributed by atoms with E-state index >= 15 is 0 Å². The van der Waals surface area contributed by atoms with Gasteiger partial charge in [-0.3, -0.25) is 4.68 Å². The van der Waals surface area contributed by atoms with Gasteiger partial charge in [0.05, 0.1) is 5.52 Å². The zero-order valence-electron chi connectivity index (χ0n) is 10.9. The summed E-state index contributed by atoms with van der Waals surface area (Å²) in [5.41, 5.74) is 2.07. The molecular formula is C14H19N3S. The highest BCUT2D eigenvalue weighted by Gasteiger charge is 2.12. The molecule has 2 rings (SSSR count). The Kier molecular flexibility index (Phi) is 4.31. The average molecular weight is 261 g/mol. The van der Waals surface area contributed by atoms with Gasteiger partial charge in [0.2, 0.25) is 0 Å². The second-order valence-electron chi connectivity index (χ2n) is 4.34. The van der Waals surface area contributed by atoms with Crippen LogP contribution in [-0.4, -0.2) is 21.3 Å². The topological polar surface area (TPSA) is 29.9 Å². The molecule has 1 N–H and O–H groups in total. The van der Waals surface area contributed by atoms with E-state index in [1.807, 2.05) is 16.8 Å². The monoisotopic (exact) mass is 261 g/mol. The molecular weight excluding hydrogens is 242 g/mol. The quantitative estimate of drug-likeness (QED) is 0.839. The number of hydrogen-bond acceptors (Lipinski definition) is 2. The van der Waals surface area contributed by atoms with Gasteiger partial charge in [0.15, 0.2) is 0 Å². The van der Waals surface area contributed by atoms with Crippen LogP contribution in [0.4, 0.5) is 0 Å². The Bertz CT molecular complexity index is 545. The standard InChI is InChI=1S/C14H19N3S/c1-3-9-15-14(18)13-11-7-5-6-8-12(11)17(16-13)10-4-2/h5-8H,3-4,9-10H2,1-2H3,(H,15,18). The maximum absolute atomic E-state index is 5.42. The Morgan fingerprint density at radius 1 is 1.28 bits per heavy atom. The van der Waals surface area contributed by atoms with Gasteiger partial charge in [-0.15, -0.1) is 0 Å². The molecule has 0 fully saturated rings. The van der Waals surface area contributed by atoms with Crippen LogP contribution >= 0.6 is 12.2 Å². The fraction of sp³-hybridized carbons (Fsp3) is 0.429. The van der Waals surface area contributed by atoms with Gasteiger partial charge in [-0.25, -0.2) is 0 Å². The SMILES string of the molecule is CCCNC(=S)c1nn(CCC)c2ccccc12. The van der Waals surface area contributed by atoms with Crippen molar-refractivity contribution in [1.29, 1.82) is 0 Å². The third kappa shape index (κ3) is 2.53. The van der Waals surface area contributed by atoms with Crippen LogP contribution in [0.1, 0.15) is 32.4 Å². The van der Waals surface area contributed by atoms with Gasteiger partial charge >= 0.3 is 0 Å². The highest BCUT2D eigenvalue weighted by Crippen LogP contribution is 2.19. The molecule has 0 atom stereocenters. The minimum Gasteiger partial charge on any atom is -0.374 e. The summed E-state index contributed by atoms with van der Waals surface area (Å²) in [4.78, 5) is 0.753. The van der Waals surface area contributed by atoms with Gasteiger partial charge in [-0.1, -0.05) is 44.3 Å². The van der Waals surface area contributed by atoms with Crippen molar-refractivity contribution in [2.45, 2.75) is 33.2 Å². The van der Waals surface area contributed by atoms with Crippen LogP contribution in [0.15, 0.2) is 24.3 Å². The molecule has 0 bridgehead atoms. The summed E-state index contributed by atoms with van der Waals surface area (Å²) in [7, 11) is 0. The molecule has 0 saturated heterocycles. The van der Waals surface area contributed by atoms with Crippen LogP contribution in [-0.2, 0) is 6.54 Å². The summed E-state index contributed by atoms with van der Waals surface area (Å²) in [5, 5.41) is 9.04. The number of nitrogens with one attached hydrogen (secondary N) is 1. The normalized spacial score (nSPS) is 10.8. The van der Waals surface area contributed by atoms with Crippen molar-refractivity contribution >= 4 is 28.1 Å². The molecule has 0 aliphatic rings. The van der Waals surface area contributed by atoms with Crippen LogP contribution < -0.4 is 5.32 Å². The largest absolute Gasteiger partial charge is 0.374 e. The van der Waals surface area contributed by atoms with Gasteiger partial charge in [0.25, 0.3) is 0 Å². The minimum absolute atomic E-state index is 0.753. The zero-order valence-corrected chi connectivity index (χ0v) is 11.8. The Balaban J connectivity index is 2.41. The van der Waals surface area contributed by atoms with Gasteiger partial charge in [-0.05, 0) is 18.9 Å². The van der Waals surface area contributed by atoms with Gasteiger partial charge in [0.1, 0.15) is 10.7 Å². The molecule has 0 aliphatic carbocycles. The molecule has 3 nitrogen and oxygen atoms in total. The van der Waals surface area contributed by atoms with Crippen LogP contribution in [0.2, 0.25) is 0 Å². The van der Waals surface area contributed by atoms with Crippen molar-refractivity contribution in [3.8, 4) is 0 Å². The number of benzene rings is 1. The number of hydrogen-bond donors (Lipinski definition) is 1.